The van der Waals surface area contributed by atoms with Gasteiger partial charge in [0, 0.05) is 6.42 Å². The summed E-state index contributed by atoms with van der Waals surface area (Å²) < 4.78 is 36.6. The second-order valence-corrected chi connectivity index (χ2v) is 3.37. The van der Waals surface area contributed by atoms with Gasteiger partial charge in [0.25, 0.3) is 0 Å². The van der Waals surface area contributed by atoms with E-state index in [0.717, 1.165) is 0 Å². The molecule has 1 fully saturated rings. The minimum absolute atomic E-state index is 0.286. The third-order valence-electron chi connectivity index (χ3n) is 2.41. The quantitative estimate of drug-likeness (QED) is 0.669. The van der Waals surface area contributed by atoms with Crippen LogP contribution in [0.5, 0.6) is 0 Å². The third-order valence-corrected chi connectivity index (χ3v) is 2.41. The van der Waals surface area contributed by atoms with Crippen molar-refractivity contribution >= 4 is 11.8 Å². The summed E-state index contributed by atoms with van der Waals surface area (Å²) in [7, 11) is 0. The molecule has 14 heavy (non-hydrogen) atoms. The number of ketones is 1. The van der Waals surface area contributed by atoms with Crippen molar-refractivity contribution in [2.75, 3.05) is 0 Å². The van der Waals surface area contributed by atoms with Gasteiger partial charge in [-0.05, 0) is 12.8 Å². The van der Waals surface area contributed by atoms with Crippen molar-refractivity contribution in [2.45, 2.75) is 25.4 Å². The van der Waals surface area contributed by atoms with Crippen molar-refractivity contribution in [3.05, 3.63) is 0 Å². The number of hydrogen-bond acceptors (Lipinski definition) is 2. The number of carbonyl (C=O) groups is 2. The van der Waals surface area contributed by atoms with Gasteiger partial charge in [-0.2, -0.15) is 13.2 Å². The van der Waals surface area contributed by atoms with Gasteiger partial charge >= 0.3 is 12.1 Å². The fourth-order valence-electron chi connectivity index (χ4n) is 1.56. The van der Waals surface area contributed by atoms with E-state index in [4.69, 9.17) is 5.11 Å². The number of alkyl halides is 3. The van der Waals surface area contributed by atoms with Crippen LogP contribution in [-0.2, 0) is 9.59 Å². The molecule has 2 unspecified atom stereocenters. The average molecular weight is 210 g/mol. The van der Waals surface area contributed by atoms with Crippen LogP contribution in [0.2, 0.25) is 0 Å². The largest absolute Gasteiger partial charge is 0.481 e. The number of carbonyl (C=O) groups excluding carboxylic acids is 1. The molecule has 1 saturated carbocycles. The Morgan fingerprint density at radius 3 is 2.43 bits per heavy atom. The Hall–Kier alpha value is -1.07. The Bertz CT molecular complexity index is 259. The second kappa shape index (κ2) is 3.59. The molecule has 2 atom stereocenters. The zero-order chi connectivity index (χ0) is 10.9. The number of halogens is 3. The molecule has 3 nitrogen and oxygen atoms in total. The van der Waals surface area contributed by atoms with E-state index in [1.54, 1.807) is 0 Å². The summed E-state index contributed by atoms with van der Waals surface area (Å²) >= 11 is 0. The zero-order valence-electron chi connectivity index (χ0n) is 7.17. The minimum Gasteiger partial charge on any atom is -0.481 e. The summed E-state index contributed by atoms with van der Waals surface area (Å²) in [6.07, 6.45) is -5.58. The summed E-state index contributed by atoms with van der Waals surface area (Å²) in [5.41, 5.74) is 0. The van der Waals surface area contributed by atoms with E-state index in [1.165, 1.54) is 0 Å². The first-order valence-electron chi connectivity index (χ1n) is 4.14. The summed E-state index contributed by atoms with van der Waals surface area (Å²) in [5.74, 6) is -5.18. The standard InChI is InChI=1S/C8H9F3O3/c9-8(10,11)4-1-2-6(12)5(3-4)7(13)14/h4-5H,1-3H2,(H,13,14). The molecular weight excluding hydrogens is 201 g/mol. The van der Waals surface area contributed by atoms with Gasteiger partial charge in [-0.25, -0.2) is 0 Å². The topological polar surface area (TPSA) is 54.4 Å². The number of carboxylic acid groups (broad SMARTS) is 1. The Kier molecular flexibility index (Phi) is 2.82. The van der Waals surface area contributed by atoms with Gasteiger partial charge < -0.3 is 5.11 Å². The van der Waals surface area contributed by atoms with Gasteiger partial charge in [0.2, 0.25) is 0 Å². The molecule has 80 valence electrons. The van der Waals surface area contributed by atoms with E-state index < -0.39 is 36.2 Å². The molecule has 0 bridgehead atoms. The van der Waals surface area contributed by atoms with Gasteiger partial charge in [-0.3, -0.25) is 9.59 Å². The highest BCUT2D eigenvalue weighted by molar-refractivity contribution is 5.98. The lowest BCUT2D eigenvalue weighted by Gasteiger charge is -2.27. The number of carboxylic acids is 1. The molecule has 0 radical (unpaired) electrons. The first kappa shape index (κ1) is 11.0. The molecule has 0 heterocycles. The van der Waals surface area contributed by atoms with Crippen LogP contribution in [0.1, 0.15) is 19.3 Å². The lowest BCUT2D eigenvalue weighted by atomic mass is 9.80. The number of hydrogen-bond donors (Lipinski definition) is 1. The maximum Gasteiger partial charge on any atom is 0.391 e. The number of rotatable bonds is 1. The van der Waals surface area contributed by atoms with E-state index in [1.807, 2.05) is 0 Å². The van der Waals surface area contributed by atoms with Gasteiger partial charge in [0.1, 0.15) is 11.7 Å². The van der Waals surface area contributed by atoms with Gasteiger partial charge in [-0.1, -0.05) is 0 Å². The second-order valence-electron chi connectivity index (χ2n) is 3.37. The first-order chi connectivity index (χ1) is 6.32. The summed E-state index contributed by atoms with van der Waals surface area (Å²) in [4.78, 5) is 21.4. The van der Waals surface area contributed by atoms with Crippen LogP contribution in [-0.4, -0.2) is 23.0 Å². The molecule has 1 rings (SSSR count). The molecule has 1 N–H and O–H groups in total. The van der Waals surface area contributed by atoms with Gasteiger partial charge in [-0.15, -0.1) is 0 Å². The highest BCUT2D eigenvalue weighted by Gasteiger charge is 2.46. The maximum absolute atomic E-state index is 12.2. The van der Waals surface area contributed by atoms with Crippen LogP contribution in [0.25, 0.3) is 0 Å². The molecule has 0 aromatic carbocycles. The molecule has 0 aliphatic heterocycles. The summed E-state index contributed by atoms with van der Waals surface area (Å²) in [6.45, 7) is 0. The summed E-state index contributed by atoms with van der Waals surface area (Å²) in [6, 6.07) is 0. The maximum atomic E-state index is 12.2. The third kappa shape index (κ3) is 2.24. The molecular formula is C8H9F3O3. The van der Waals surface area contributed by atoms with Gasteiger partial charge in [0.15, 0.2) is 0 Å². The fourth-order valence-corrected chi connectivity index (χ4v) is 1.56. The normalized spacial score (nSPS) is 28.9. The van der Waals surface area contributed by atoms with Crippen LogP contribution in [0.4, 0.5) is 13.2 Å². The Balaban J connectivity index is 2.72. The lowest BCUT2D eigenvalue weighted by molar-refractivity contribution is -0.188. The van der Waals surface area contributed by atoms with Crippen molar-refractivity contribution in [3.8, 4) is 0 Å². The average Bonchev–Trinajstić information content (AvgIpc) is 2.02. The van der Waals surface area contributed by atoms with Crippen molar-refractivity contribution in [1.82, 2.24) is 0 Å². The van der Waals surface area contributed by atoms with Crippen molar-refractivity contribution in [2.24, 2.45) is 11.8 Å². The molecule has 1 aliphatic carbocycles. The first-order valence-corrected chi connectivity index (χ1v) is 4.14. The Morgan fingerprint density at radius 1 is 1.43 bits per heavy atom. The van der Waals surface area contributed by atoms with Crippen LogP contribution in [0, 0.1) is 11.8 Å². The fraction of sp³-hybridized carbons (Fsp3) is 0.750. The number of aliphatic carboxylic acids is 1. The molecule has 0 spiro atoms. The molecule has 1 aliphatic rings. The van der Waals surface area contributed by atoms with Crippen LogP contribution in [0.3, 0.4) is 0 Å². The molecule has 6 heteroatoms. The zero-order valence-corrected chi connectivity index (χ0v) is 7.17. The predicted molar refractivity (Wildman–Crippen MR) is 39.5 cm³/mol. The lowest BCUT2D eigenvalue weighted by Crippen LogP contribution is -2.36. The highest BCUT2D eigenvalue weighted by atomic mass is 19.4. The molecule has 0 amide bonds. The van der Waals surface area contributed by atoms with Crippen LogP contribution < -0.4 is 0 Å². The van der Waals surface area contributed by atoms with Gasteiger partial charge in [0.05, 0.1) is 5.92 Å². The SMILES string of the molecule is O=C(O)C1CC(C(F)(F)F)CCC1=O. The van der Waals surface area contributed by atoms with E-state index in [0.29, 0.717) is 0 Å². The molecule has 0 aromatic heterocycles. The monoisotopic (exact) mass is 210 g/mol. The Morgan fingerprint density at radius 2 is 2.00 bits per heavy atom. The van der Waals surface area contributed by atoms with E-state index in [2.05, 4.69) is 0 Å². The highest BCUT2D eigenvalue weighted by Crippen LogP contribution is 2.38. The van der Waals surface area contributed by atoms with Crippen molar-refractivity contribution < 1.29 is 27.9 Å². The van der Waals surface area contributed by atoms with Crippen LogP contribution >= 0.6 is 0 Å². The van der Waals surface area contributed by atoms with E-state index in [-0.39, 0.29) is 12.8 Å². The van der Waals surface area contributed by atoms with Crippen LogP contribution in [0.15, 0.2) is 0 Å². The van der Waals surface area contributed by atoms with E-state index >= 15 is 0 Å². The smallest absolute Gasteiger partial charge is 0.391 e. The molecule has 0 aromatic rings. The number of Topliss-reactive ketones (excluding diaryl/α,β-unsaturated/α-hetero) is 1. The predicted octanol–water partition coefficient (Wildman–Crippen LogP) is 1.62. The van der Waals surface area contributed by atoms with E-state index in [9.17, 15) is 22.8 Å². The Labute approximate surface area is 77.9 Å². The molecule has 0 saturated heterocycles. The summed E-state index contributed by atoms with van der Waals surface area (Å²) in [5, 5.41) is 8.50. The van der Waals surface area contributed by atoms with Crippen molar-refractivity contribution in [3.63, 3.8) is 0 Å². The minimum atomic E-state index is -4.39. The van der Waals surface area contributed by atoms with Crippen molar-refractivity contribution in [1.29, 1.82) is 0 Å².